The molecule has 2 saturated heterocycles. The van der Waals surface area contributed by atoms with Crippen LogP contribution < -0.4 is 4.74 Å². The van der Waals surface area contributed by atoms with Gasteiger partial charge in [-0.1, -0.05) is 12.1 Å². The number of piperidine rings is 1. The molecule has 0 spiro atoms. The molecule has 0 saturated carbocycles. The van der Waals surface area contributed by atoms with Gasteiger partial charge >= 0.3 is 6.09 Å². The molecule has 3 heterocycles. The van der Waals surface area contributed by atoms with Gasteiger partial charge in [0, 0.05) is 36.6 Å². The van der Waals surface area contributed by atoms with Crippen LogP contribution in [0.4, 0.5) is 4.79 Å². The first-order valence-corrected chi connectivity index (χ1v) is 10.3. The van der Waals surface area contributed by atoms with Crippen LogP contribution in [0.5, 0.6) is 5.75 Å². The summed E-state index contributed by atoms with van der Waals surface area (Å²) >= 11 is 0. The molecular weight excluding hydrogens is 370 g/mol. The monoisotopic (exact) mass is 391 g/mol. The van der Waals surface area contributed by atoms with E-state index < -0.39 is 16.1 Å². The lowest BCUT2D eigenvalue weighted by Crippen LogP contribution is -2.47. The predicted molar refractivity (Wildman–Crippen MR) is 98.3 cm³/mol. The van der Waals surface area contributed by atoms with Crippen molar-refractivity contribution in [3.63, 3.8) is 0 Å². The van der Waals surface area contributed by atoms with Gasteiger partial charge in [-0.05, 0) is 24.8 Å². The molecule has 1 amide bonds. The Balaban J connectivity index is 1.75. The SMILES string of the molecule is COc1cncc2cccc(S(=O)(=O)N3CC4CCCN(C(=O)O)C4C3)c12. The van der Waals surface area contributed by atoms with Crippen LogP contribution in [0.15, 0.2) is 35.5 Å². The number of hydrogen-bond acceptors (Lipinski definition) is 5. The number of fused-ring (bicyclic) bond motifs is 2. The van der Waals surface area contributed by atoms with E-state index in [4.69, 9.17) is 4.74 Å². The van der Waals surface area contributed by atoms with Crippen LogP contribution in [0.2, 0.25) is 0 Å². The van der Waals surface area contributed by atoms with Crippen molar-refractivity contribution in [3.05, 3.63) is 30.6 Å². The van der Waals surface area contributed by atoms with Gasteiger partial charge in [0.2, 0.25) is 10.0 Å². The molecule has 2 aromatic rings. The molecule has 8 nitrogen and oxygen atoms in total. The van der Waals surface area contributed by atoms with Crippen LogP contribution in [0.25, 0.3) is 10.8 Å². The number of sulfonamides is 1. The van der Waals surface area contributed by atoms with Gasteiger partial charge in [0.15, 0.2) is 0 Å². The van der Waals surface area contributed by atoms with Crippen molar-refractivity contribution in [1.82, 2.24) is 14.2 Å². The second kappa shape index (κ2) is 6.65. The minimum atomic E-state index is -3.80. The molecule has 1 N–H and O–H groups in total. The first-order chi connectivity index (χ1) is 12.9. The first-order valence-electron chi connectivity index (χ1n) is 8.84. The van der Waals surface area contributed by atoms with E-state index in [2.05, 4.69) is 4.98 Å². The zero-order valence-corrected chi connectivity index (χ0v) is 15.7. The number of carbonyl (C=O) groups is 1. The van der Waals surface area contributed by atoms with Crippen molar-refractivity contribution >= 4 is 26.9 Å². The largest absolute Gasteiger partial charge is 0.494 e. The quantitative estimate of drug-likeness (QED) is 0.859. The van der Waals surface area contributed by atoms with Gasteiger partial charge in [-0.3, -0.25) is 4.98 Å². The van der Waals surface area contributed by atoms with Crippen LogP contribution in [0, 0.1) is 5.92 Å². The highest BCUT2D eigenvalue weighted by atomic mass is 32.2. The molecule has 2 aliphatic rings. The van der Waals surface area contributed by atoms with Crippen molar-refractivity contribution in [2.75, 3.05) is 26.7 Å². The molecule has 2 unspecified atom stereocenters. The van der Waals surface area contributed by atoms with Crippen LogP contribution in [-0.2, 0) is 10.0 Å². The maximum absolute atomic E-state index is 13.4. The normalized spacial score (nSPS) is 23.4. The Morgan fingerprint density at radius 1 is 1.30 bits per heavy atom. The lowest BCUT2D eigenvalue weighted by Gasteiger charge is -2.34. The average molecular weight is 391 g/mol. The Hall–Kier alpha value is -2.39. The third-order valence-electron chi connectivity index (χ3n) is 5.54. The van der Waals surface area contributed by atoms with Gasteiger partial charge in [-0.2, -0.15) is 4.31 Å². The topological polar surface area (TPSA) is 100 Å². The molecule has 27 heavy (non-hydrogen) atoms. The number of likely N-dealkylation sites (tertiary alicyclic amines) is 1. The number of methoxy groups -OCH3 is 1. The molecule has 0 radical (unpaired) electrons. The summed E-state index contributed by atoms with van der Waals surface area (Å²) in [7, 11) is -2.32. The van der Waals surface area contributed by atoms with Crippen molar-refractivity contribution in [2.24, 2.45) is 5.92 Å². The highest BCUT2D eigenvalue weighted by Gasteiger charge is 2.45. The molecule has 2 atom stereocenters. The van der Waals surface area contributed by atoms with E-state index >= 15 is 0 Å². The number of carboxylic acid groups (broad SMARTS) is 1. The van der Waals surface area contributed by atoms with Gasteiger partial charge in [0.1, 0.15) is 5.75 Å². The zero-order chi connectivity index (χ0) is 19.2. The standard InChI is InChI=1S/C18H21N3O5S/c1-26-15-9-19-8-12-4-2-6-16(17(12)15)27(24,25)20-10-13-5-3-7-21(18(22)23)14(13)11-20/h2,4,6,8-9,13-14H,3,5,7,10-11H2,1H3,(H,22,23). The highest BCUT2D eigenvalue weighted by Crippen LogP contribution is 2.37. The van der Waals surface area contributed by atoms with E-state index in [9.17, 15) is 18.3 Å². The molecular formula is C18H21N3O5S. The van der Waals surface area contributed by atoms with E-state index in [1.807, 2.05) is 0 Å². The van der Waals surface area contributed by atoms with Crippen molar-refractivity contribution in [1.29, 1.82) is 0 Å². The Morgan fingerprint density at radius 2 is 2.11 bits per heavy atom. The molecule has 2 fully saturated rings. The molecule has 4 rings (SSSR count). The third-order valence-corrected chi connectivity index (χ3v) is 7.41. The average Bonchev–Trinajstić information content (AvgIpc) is 3.12. The molecule has 0 aliphatic carbocycles. The van der Waals surface area contributed by atoms with Gasteiger partial charge in [0.25, 0.3) is 0 Å². The second-order valence-corrected chi connectivity index (χ2v) is 8.87. The molecule has 1 aromatic heterocycles. The third kappa shape index (κ3) is 2.90. The fourth-order valence-corrected chi connectivity index (χ4v) is 6.00. The number of amides is 1. The van der Waals surface area contributed by atoms with Crippen molar-refractivity contribution < 1.29 is 23.1 Å². The Labute approximate surface area is 157 Å². The van der Waals surface area contributed by atoms with Gasteiger partial charge in [-0.15, -0.1) is 0 Å². The van der Waals surface area contributed by atoms with Gasteiger partial charge < -0.3 is 14.7 Å². The van der Waals surface area contributed by atoms with Gasteiger partial charge in [-0.25, -0.2) is 13.2 Å². The number of ether oxygens (including phenoxy) is 1. The molecule has 0 bridgehead atoms. The fourth-order valence-electron chi connectivity index (χ4n) is 4.25. The molecule has 2 aliphatic heterocycles. The van der Waals surface area contributed by atoms with Crippen molar-refractivity contribution in [3.8, 4) is 5.75 Å². The number of aromatic nitrogens is 1. The lowest BCUT2D eigenvalue weighted by molar-refractivity contribution is 0.0960. The summed E-state index contributed by atoms with van der Waals surface area (Å²) in [5.74, 6) is 0.429. The van der Waals surface area contributed by atoms with Gasteiger partial charge in [0.05, 0.1) is 24.2 Å². The summed E-state index contributed by atoms with van der Waals surface area (Å²) in [5, 5.41) is 10.6. The molecule has 144 valence electrons. The van der Waals surface area contributed by atoms with E-state index in [1.54, 1.807) is 24.4 Å². The summed E-state index contributed by atoms with van der Waals surface area (Å²) in [5.41, 5.74) is 0. The summed E-state index contributed by atoms with van der Waals surface area (Å²) < 4.78 is 33.6. The Kier molecular flexibility index (Phi) is 4.43. The van der Waals surface area contributed by atoms with Crippen LogP contribution in [0.3, 0.4) is 0 Å². The summed E-state index contributed by atoms with van der Waals surface area (Å²) in [6.07, 6.45) is 3.71. The maximum atomic E-state index is 13.4. The minimum Gasteiger partial charge on any atom is -0.494 e. The van der Waals surface area contributed by atoms with Crippen LogP contribution >= 0.6 is 0 Å². The van der Waals surface area contributed by atoms with E-state index in [0.717, 1.165) is 12.8 Å². The second-order valence-electron chi connectivity index (χ2n) is 6.96. The Morgan fingerprint density at radius 3 is 2.85 bits per heavy atom. The van der Waals surface area contributed by atoms with E-state index in [0.29, 0.717) is 29.6 Å². The summed E-state index contributed by atoms with van der Waals surface area (Å²) in [6.45, 7) is 0.974. The van der Waals surface area contributed by atoms with Crippen LogP contribution in [-0.4, -0.2) is 66.6 Å². The predicted octanol–water partition coefficient (Wildman–Crippen LogP) is 2.01. The number of benzene rings is 1. The zero-order valence-electron chi connectivity index (χ0n) is 14.9. The fraction of sp³-hybridized carbons (Fsp3) is 0.444. The van der Waals surface area contributed by atoms with E-state index in [-0.39, 0.29) is 23.4 Å². The minimum absolute atomic E-state index is 0.0307. The summed E-state index contributed by atoms with van der Waals surface area (Å²) in [6, 6.07) is 4.75. The lowest BCUT2D eigenvalue weighted by atomic mass is 9.92. The van der Waals surface area contributed by atoms with Crippen LogP contribution in [0.1, 0.15) is 12.8 Å². The number of pyridine rings is 1. The number of hydrogen-bond donors (Lipinski definition) is 1. The smallest absolute Gasteiger partial charge is 0.407 e. The number of nitrogens with zero attached hydrogens (tertiary/aromatic N) is 3. The highest BCUT2D eigenvalue weighted by molar-refractivity contribution is 7.89. The first kappa shape index (κ1) is 18.0. The van der Waals surface area contributed by atoms with Crippen molar-refractivity contribution in [2.45, 2.75) is 23.8 Å². The Bertz CT molecular complexity index is 988. The molecule has 9 heteroatoms. The maximum Gasteiger partial charge on any atom is 0.407 e. The summed E-state index contributed by atoms with van der Waals surface area (Å²) in [4.78, 5) is 17.2. The number of rotatable bonds is 3. The van der Waals surface area contributed by atoms with E-state index in [1.165, 1.54) is 22.5 Å². The molecule has 1 aromatic carbocycles.